The molecule has 2 aliphatic rings. The van der Waals surface area contributed by atoms with Crippen molar-refractivity contribution in [1.29, 1.82) is 0 Å². The number of esters is 2. The molecule has 1 unspecified atom stereocenters. The summed E-state index contributed by atoms with van der Waals surface area (Å²) in [7, 11) is -5.29. The lowest BCUT2D eigenvalue weighted by Crippen LogP contribution is -2.68. The van der Waals surface area contributed by atoms with E-state index < -0.39 is 113 Å². The topological polar surface area (TPSA) is 294 Å². The van der Waals surface area contributed by atoms with Gasteiger partial charge in [-0.1, -0.05) is 129 Å². The standard InChI is InChI=1S/C41H78NO17P/c1-3-5-7-9-11-13-15-17-19-21-23-30(44)54-26-28(56-31(45)24-22-20-18-16-14-12-10-8-6-4-2)27-55-60(52,53)59-40-37(50)35(48)36(49)39(38(40)51)58-41-32(42)34(47)33(46)29(25-43)57-41/h28-29,32-41,43,46-51H,3-27,42H2,1-2H3,(H,52,53)/t28-,29-,32-,33+,34-,35-,36-,37-,38-,39+,40+,41-/m1/s1. The number of ether oxygens (including phenoxy) is 4. The highest BCUT2D eigenvalue weighted by Gasteiger charge is 2.55. The first-order chi connectivity index (χ1) is 28.7. The summed E-state index contributed by atoms with van der Waals surface area (Å²) in [4.78, 5) is 36.1. The minimum Gasteiger partial charge on any atom is -0.462 e. The van der Waals surface area contributed by atoms with Gasteiger partial charge in [-0.05, 0) is 12.8 Å². The van der Waals surface area contributed by atoms with Crippen LogP contribution < -0.4 is 5.73 Å². The summed E-state index contributed by atoms with van der Waals surface area (Å²) >= 11 is 0. The zero-order valence-corrected chi connectivity index (χ0v) is 36.8. The first-order valence-electron chi connectivity index (χ1n) is 22.4. The van der Waals surface area contributed by atoms with Crippen LogP contribution in [0.2, 0.25) is 0 Å². The molecular formula is C41H78NO17P. The van der Waals surface area contributed by atoms with E-state index in [1.54, 1.807) is 0 Å². The fourth-order valence-electron chi connectivity index (χ4n) is 7.34. The van der Waals surface area contributed by atoms with E-state index in [-0.39, 0.29) is 12.8 Å². The van der Waals surface area contributed by atoms with E-state index in [0.29, 0.717) is 12.8 Å². The van der Waals surface area contributed by atoms with Crippen molar-refractivity contribution in [2.24, 2.45) is 5.73 Å². The maximum atomic E-state index is 13.2. The Bertz CT molecular complexity index is 1200. The molecule has 10 N–H and O–H groups in total. The van der Waals surface area contributed by atoms with Gasteiger partial charge in [-0.25, -0.2) is 4.57 Å². The summed E-state index contributed by atoms with van der Waals surface area (Å²) in [6.45, 7) is 2.30. The molecule has 0 aromatic carbocycles. The predicted octanol–water partition coefficient (Wildman–Crippen LogP) is 3.17. The van der Waals surface area contributed by atoms with Crippen molar-refractivity contribution in [2.75, 3.05) is 19.8 Å². The molecule has 0 bridgehead atoms. The van der Waals surface area contributed by atoms with Gasteiger partial charge >= 0.3 is 19.8 Å². The number of aliphatic hydroxyl groups excluding tert-OH is 7. The van der Waals surface area contributed by atoms with Crippen LogP contribution in [-0.2, 0) is 42.1 Å². The average Bonchev–Trinajstić information content (AvgIpc) is 3.22. The number of phosphoric acid groups is 1. The Hall–Kier alpha value is -1.35. The van der Waals surface area contributed by atoms with Crippen molar-refractivity contribution < 1.29 is 82.8 Å². The second kappa shape index (κ2) is 30.7. The summed E-state index contributed by atoms with van der Waals surface area (Å²) in [5.74, 6) is -1.18. The fraction of sp³-hybridized carbons (Fsp3) is 0.951. The Labute approximate surface area is 356 Å². The van der Waals surface area contributed by atoms with Gasteiger partial charge in [0.1, 0.15) is 61.5 Å². The van der Waals surface area contributed by atoms with Gasteiger partial charge in [-0.3, -0.25) is 18.6 Å². The Morgan fingerprint density at radius 3 is 1.58 bits per heavy atom. The number of nitrogens with two attached hydrogens (primary N) is 1. The Balaban J connectivity index is 1.98. The molecule has 60 heavy (non-hydrogen) atoms. The largest absolute Gasteiger partial charge is 0.472 e. The van der Waals surface area contributed by atoms with E-state index in [0.717, 1.165) is 51.4 Å². The lowest BCUT2D eigenvalue weighted by Gasteiger charge is -2.47. The molecule has 1 aliphatic carbocycles. The molecule has 0 aromatic rings. The smallest absolute Gasteiger partial charge is 0.462 e. The summed E-state index contributed by atoms with van der Waals surface area (Å²) < 4.78 is 45.1. The van der Waals surface area contributed by atoms with Crippen LogP contribution in [-0.4, -0.2) is 146 Å². The summed E-state index contributed by atoms with van der Waals surface area (Å²) in [6.07, 6.45) is 1.38. The molecular weight excluding hydrogens is 809 g/mol. The van der Waals surface area contributed by atoms with E-state index in [4.69, 9.17) is 33.7 Å². The molecule has 1 aliphatic heterocycles. The number of aliphatic hydroxyl groups is 7. The highest BCUT2D eigenvalue weighted by molar-refractivity contribution is 7.47. The number of rotatable bonds is 33. The number of phosphoric ester groups is 1. The van der Waals surface area contributed by atoms with Gasteiger partial charge in [0.25, 0.3) is 0 Å². The lowest BCUT2D eigenvalue weighted by molar-refractivity contribution is -0.315. The molecule has 2 rings (SSSR count). The zero-order valence-electron chi connectivity index (χ0n) is 35.9. The summed E-state index contributed by atoms with van der Waals surface area (Å²) in [6, 6.07) is -1.48. The van der Waals surface area contributed by atoms with Crippen molar-refractivity contribution in [3.8, 4) is 0 Å². The average molecular weight is 888 g/mol. The molecule has 1 saturated heterocycles. The molecule has 18 nitrogen and oxygen atoms in total. The number of unbranched alkanes of at least 4 members (excludes halogenated alkanes) is 18. The quantitative estimate of drug-likeness (QED) is 0.0260. The van der Waals surface area contributed by atoms with Gasteiger partial charge in [0.15, 0.2) is 12.4 Å². The molecule has 0 radical (unpaired) electrons. The maximum Gasteiger partial charge on any atom is 0.472 e. The number of hydrogen-bond donors (Lipinski definition) is 9. The van der Waals surface area contributed by atoms with E-state index in [9.17, 15) is 54.8 Å². The van der Waals surface area contributed by atoms with Crippen LogP contribution in [0.25, 0.3) is 0 Å². The maximum absolute atomic E-state index is 13.2. The molecule has 13 atom stereocenters. The number of hydrogen-bond acceptors (Lipinski definition) is 17. The van der Waals surface area contributed by atoms with Gasteiger partial charge < -0.3 is 65.3 Å². The second-order valence-electron chi connectivity index (χ2n) is 16.3. The Morgan fingerprint density at radius 2 is 1.08 bits per heavy atom. The second-order valence-corrected chi connectivity index (χ2v) is 17.7. The summed E-state index contributed by atoms with van der Waals surface area (Å²) in [5.41, 5.74) is 5.89. The van der Waals surface area contributed by atoms with Crippen LogP contribution in [0, 0.1) is 0 Å². The van der Waals surface area contributed by atoms with E-state index >= 15 is 0 Å². The number of carbonyl (C=O) groups excluding carboxylic acids is 2. The molecule has 354 valence electrons. The molecule has 1 saturated carbocycles. The predicted molar refractivity (Wildman–Crippen MR) is 219 cm³/mol. The molecule has 0 aromatic heterocycles. The molecule has 0 spiro atoms. The third-order valence-corrected chi connectivity index (χ3v) is 12.1. The Kier molecular flexibility index (Phi) is 28.0. The summed E-state index contributed by atoms with van der Waals surface area (Å²) in [5, 5.41) is 72.8. The first kappa shape index (κ1) is 54.8. The van der Waals surface area contributed by atoms with Crippen LogP contribution in [0.4, 0.5) is 0 Å². The van der Waals surface area contributed by atoms with Crippen LogP contribution >= 0.6 is 7.82 Å². The molecule has 2 fully saturated rings. The monoisotopic (exact) mass is 888 g/mol. The van der Waals surface area contributed by atoms with Crippen molar-refractivity contribution in [3.05, 3.63) is 0 Å². The van der Waals surface area contributed by atoms with Gasteiger partial charge in [-0.15, -0.1) is 0 Å². The van der Waals surface area contributed by atoms with E-state index in [1.807, 2.05) is 0 Å². The van der Waals surface area contributed by atoms with E-state index in [1.165, 1.54) is 64.2 Å². The van der Waals surface area contributed by atoms with Gasteiger partial charge in [-0.2, -0.15) is 0 Å². The van der Waals surface area contributed by atoms with Gasteiger partial charge in [0, 0.05) is 12.8 Å². The Morgan fingerprint density at radius 1 is 0.617 bits per heavy atom. The van der Waals surface area contributed by atoms with Crippen LogP contribution in [0.3, 0.4) is 0 Å². The fourth-order valence-corrected chi connectivity index (χ4v) is 8.31. The molecule has 19 heteroatoms. The van der Waals surface area contributed by atoms with Gasteiger partial charge in [0.05, 0.1) is 19.3 Å². The van der Waals surface area contributed by atoms with Crippen LogP contribution in [0.5, 0.6) is 0 Å². The van der Waals surface area contributed by atoms with Crippen LogP contribution in [0.1, 0.15) is 155 Å². The third-order valence-electron chi connectivity index (χ3n) is 11.1. The zero-order chi connectivity index (χ0) is 44.5. The van der Waals surface area contributed by atoms with Gasteiger partial charge in [0.2, 0.25) is 0 Å². The minimum atomic E-state index is -5.29. The van der Waals surface area contributed by atoms with E-state index in [2.05, 4.69) is 13.8 Å². The van der Waals surface area contributed by atoms with Crippen molar-refractivity contribution >= 4 is 19.8 Å². The normalized spacial score (nSPS) is 29.8. The number of carbonyl (C=O) groups is 2. The minimum absolute atomic E-state index is 0.0539. The lowest BCUT2D eigenvalue weighted by atomic mass is 9.84. The third kappa shape index (κ3) is 20.4. The van der Waals surface area contributed by atoms with Crippen LogP contribution in [0.15, 0.2) is 0 Å². The van der Waals surface area contributed by atoms with Crippen molar-refractivity contribution in [3.63, 3.8) is 0 Å². The van der Waals surface area contributed by atoms with Crippen molar-refractivity contribution in [1.82, 2.24) is 0 Å². The van der Waals surface area contributed by atoms with Crippen molar-refractivity contribution in [2.45, 2.75) is 228 Å². The SMILES string of the molecule is CCCCCCCCCCCCC(=O)OC[C@H](COP(=O)(O)O[C@@H]1[C@H](O)[C@@H](O[C@H]2O[C@H](CO)[C@H](O)[C@H](O)[C@H]2N)[C@H](O)[C@@H](O)[C@H]1O)OC(=O)CCCCCCCCCCCC. The molecule has 1 heterocycles. The molecule has 0 amide bonds. The first-order valence-corrected chi connectivity index (χ1v) is 23.9. The highest BCUT2D eigenvalue weighted by atomic mass is 31.2. The highest BCUT2D eigenvalue weighted by Crippen LogP contribution is 2.47.